The van der Waals surface area contributed by atoms with Crippen molar-refractivity contribution in [1.82, 2.24) is 0 Å². The maximum absolute atomic E-state index is 13.4. The van der Waals surface area contributed by atoms with Gasteiger partial charge in [0.1, 0.15) is 31.3 Å². The number of hydrogen-bond acceptors (Lipinski definition) is 13. The molecule has 2 aliphatic rings. The molecule has 2 aliphatic heterocycles. The summed E-state index contributed by atoms with van der Waals surface area (Å²) in [5.74, 6) is 1.56. The lowest BCUT2D eigenvalue weighted by Gasteiger charge is -2.28. The van der Waals surface area contributed by atoms with Crippen LogP contribution in [0.2, 0.25) is 0 Å². The number of benzene rings is 4. The minimum absolute atomic E-state index is 0.00393. The van der Waals surface area contributed by atoms with Gasteiger partial charge in [0.05, 0.1) is 56.5 Å². The Bertz CT molecular complexity index is 2700. The summed E-state index contributed by atoms with van der Waals surface area (Å²) in [5.41, 5.74) is 5.25. The predicted molar refractivity (Wildman–Crippen MR) is 313 cm³/mol. The molecule has 0 saturated carbocycles. The molecule has 0 amide bonds. The zero-order valence-electron chi connectivity index (χ0n) is 46.7. The number of unbranched alkanes of at least 4 members (excludes halogenated alkanes) is 10. The molecule has 0 fully saturated rings. The largest absolute Gasteiger partial charge is 0.756 e. The Kier molecular flexibility index (Phi) is 25.8. The van der Waals surface area contributed by atoms with E-state index in [2.05, 4.69) is 26.5 Å². The van der Waals surface area contributed by atoms with E-state index in [1.54, 1.807) is 0 Å². The summed E-state index contributed by atoms with van der Waals surface area (Å²) in [4.78, 5) is 55.6. The molecular weight excluding hydrogens is 1040 g/mol. The molecule has 422 valence electrons. The molecule has 0 aliphatic carbocycles. The first kappa shape index (κ1) is 62.3. The third kappa shape index (κ3) is 22.0. The number of Topliss-reactive ketones (excluding diaryl/α,β-unsaturated/α-hetero) is 2. The Labute approximate surface area is 472 Å². The predicted octanol–water partition coefficient (Wildman–Crippen LogP) is 14.8. The molecular formula is C63H82NO11PS2. The van der Waals surface area contributed by atoms with Crippen molar-refractivity contribution in [2.24, 2.45) is 0 Å². The van der Waals surface area contributed by atoms with E-state index in [9.17, 15) is 23.8 Å². The summed E-state index contributed by atoms with van der Waals surface area (Å²) in [5, 5.41) is 0. The Morgan fingerprint density at radius 1 is 0.615 bits per heavy atom. The van der Waals surface area contributed by atoms with Gasteiger partial charge in [-0.25, -0.2) is 0 Å². The lowest BCUT2D eigenvalue weighted by atomic mass is 10.0. The van der Waals surface area contributed by atoms with Crippen molar-refractivity contribution in [3.8, 4) is 11.5 Å². The fourth-order valence-electron chi connectivity index (χ4n) is 8.78. The lowest BCUT2D eigenvalue weighted by molar-refractivity contribution is -0.870. The fraction of sp³-hybridized carbons (Fsp3) is 0.476. The van der Waals surface area contributed by atoms with E-state index in [1.165, 1.54) is 87.7 Å². The van der Waals surface area contributed by atoms with Crippen molar-refractivity contribution in [2.75, 3.05) is 60.7 Å². The molecule has 0 radical (unpaired) electrons. The highest BCUT2D eigenvalue weighted by atomic mass is 32.2. The highest BCUT2D eigenvalue weighted by Gasteiger charge is 2.28. The van der Waals surface area contributed by atoms with E-state index in [-0.39, 0.29) is 31.2 Å². The maximum Gasteiger partial charge on any atom is 0.305 e. The SMILES string of the molecule is C=C(CCCc1ccc2c(c1)S/C(=C\c1ccc(OCCCCCCCC)cc1)C2=O)OC(COC(=O)CCCc1ccc2c(c1)S/C(=C\c1ccc(OCCCCCCCC)cc1)C2=O)COP(=O)([O-])OCC[N+](C)(C)C. The highest BCUT2D eigenvalue weighted by molar-refractivity contribution is 8.05. The van der Waals surface area contributed by atoms with Gasteiger partial charge in [-0.15, -0.1) is 0 Å². The number of hydrogen-bond donors (Lipinski definition) is 0. The first-order valence-electron chi connectivity index (χ1n) is 28.1. The van der Waals surface area contributed by atoms with Crippen LogP contribution in [0.1, 0.15) is 160 Å². The molecule has 2 atom stereocenters. The first-order chi connectivity index (χ1) is 37.6. The second-order valence-electron chi connectivity index (χ2n) is 21.2. The molecule has 0 bridgehead atoms. The number of allylic oxidation sites excluding steroid dienone is 3. The number of ether oxygens (including phenoxy) is 4. The number of ketones is 2. The van der Waals surface area contributed by atoms with Gasteiger partial charge in [0.15, 0.2) is 6.10 Å². The van der Waals surface area contributed by atoms with Crippen molar-refractivity contribution in [3.05, 3.63) is 140 Å². The van der Waals surface area contributed by atoms with E-state index in [0.717, 1.165) is 56.4 Å². The average Bonchev–Trinajstić information content (AvgIpc) is 3.93. The summed E-state index contributed by atoms with van der Waals surface area (Å²) < 4.78 is 47.2. The number of aryl methyl sites for hydroxylation is 2. The molecule has 6 rings (SSSR count). The summed E-state index contributed by atoms with van der Waals surface area (Å²) in [6.45, 7) is 9.61. The van der Waals surface area contributed by atoms with Gasteiger partial charge in [-0.3, -0.25) is 18.9 Å². The van der Waals surface area contributed by atoms with Gasteiger partial charge in [-0.05, 0) is 121 Å². The van der Waals surface area contributed by atoms with Crippen molar-refractivity contribution in [3.63, 3.8) is 0 Å². The number of carbonyl (C=O) groups is 3. The monoisotopic (exact) mass is 1120 g/mol. The average molecular weight is 1120 g/mol. The number of thioether (sulfide) groups is 2. The van der Waals surface area contributed by atoms with E-state index in [0.29, 0.717) is 83.0 Å². The Balaban J connectivity index is 0.944. The molecule has 4 aromatic carbocycles. The van der Waals surface area contributed by atoms with E-state index < -0.39 is 26.5 Å². The first-order valence-corrected chi connectivity index (χ1v) is 31.2. The van der Waals surface area contributed by atoms with E-state index >= 15 is 0 Å². The van der Waals surface area contributed by atoms with Crippen LogP contribution in [0.4, 0.5) is 0 Å². The summed E-state index contributed by atoms with van der Waals surface area (Å²) in [6, 6.07) is 27.4. The number of carbonyl (C=O) groups excluding carboxylic acids is 3. The van der Waals surface area contributed by atoms with Crippen molar-refractivity contribution in [1.29, 1.82) is 0 Å². The second kappa shape index (κ2) is 32.4. The lowest BCUT2D eigenvalue weighted by Crippen LogP contribution is -2.37. The zero-order valence-corrected chi connectivity index (χ0v) is 49.2. The molecule has 78 heavy (non-hydrogen) atoms. The fourth-order valence-corrected chi connectivity index (χ4v) is 11.7. The van der Waals surface area contributed by atoms with Gasteiger partial charge in [0.25, 0.3) is 7.82 Å². The summed E-state index contributed by atoms with van der Waals surface area (Å²) in [6.07, 6.45) is 20.4. The van der Waals surface area contributed by atoms with Crippen LogP contribution in [0, 0.1) is 0 Å². The van der Waals surface area contributed by atoms with Crippen LogP contribution in [0.25, 0.3) is 12.2 Å². The van der Waals surface area contributed by atoms with Crippen LogP contribution in [-0.4, -0.2) is 88.8 Å². The smallest absolute Gasteiger partial charge is 0.305 e. The van der Waals surface area contributed by atoms with Gasteiger partial charge in [0, 0.05) is 33.8 Å². The second-order valence-corrected chi connectivity index (χ2v) is 24.7. The molecule has 2 heterocycles. The highest BCUT2D eigenvalue weighted by Crippen LogP contribution is 2.43. The van der Waals surface area contributed by atoms with Crippen LogP contribution >= 0.6 is 31.3 Å². The molecule has 0 spiro atoms. The minimum Gasteiger partial charge on any atom is -0.756 e. The van der Waals surface area contributed by atoms with Gasteiger partial charge >= 0.3 is 5.97 Å². The molecule has 2 unspecified atom stereocenters. The number of likely N-dealkylation sites (N-methyl/N-ethyl adjacent to an activating group) is 1. The zero-order chi connectivity index (χ0) is 55.8. The van der Waals surface area contributed by atoms with E-state index in [1.807, 2.05) is 112 Å². The van der Waals surface area contributed by atoms with Gasteiger partial charge < -0.3 is 37.4 Å². The van der Waals surface area contributed by atoms with Crippen LogP contribution in [-0.2, 0) is 40.7 Å². The van der Waals surface area contributed by atoms with Gasteiger partial charge in [0.2, 0.25) is 11.6 Å². The molecule has 4 aromatic rings. The van der Waals surface area contributed by atoms with Gasteiger partial charge in [-0.2, -0.15) is 0 Å². The minimum atomic E-state index is -4.70. The summed E-state index contributed by atoms with van der Waals surface area (Å²) >= 11 is 2.92. The Morgan fingerprint density at radius 2 is 1.09 bits per heavy atom. The van der Waals surface area contributed by atoms with Gasteiger partial charge in [-0.1, -0.05) is 145 Å². The summed E-state index contributed by atoms with van der Waals surface area (Å²) in [7, 11) is 1.07. The quantitative estimate of drug-likeness (QED) is 0.0105. The topological polar surface area (TPSA) is 147 Å². The molecule has 0 saturated heterocycles. The van der Waals surface area contributed by atoms with Crippen LogP contribution < -0.4 is 14.4 Å². The van der Waals surface area contributed by atoms with Crippen molar-refractivity contribution >= 4 is 61.0 Å². The number of quaternary nitrogens is 1. The number of esters is 1. The van der Waals surface area contributed by atoms with E-state index in [4.69, 9.17) is 28.0 Å². The molecule has 0 aromatic heterocycles. The van der Waals surface area contributed by atoms with Crippen LogP contribution in [0.5, 0.6) is 11.5 Å². The Morgan fingerprint density at radius 3 is 1.58 bits per heavy atom. The standard InChI is InChI=1S/C63H82NO11PS2/c1-7-9-11-13-15-17-38-70-52-31-25-50(26-32-52)43-59-62(66)55-35-29-48(41-57(55)77-59)22-19-21-47(3)75-54(46-74-76(68,69)73-40-37-64(4,5)6)45-72-61(65)24-20-23-49-30-36-56-58(42-49)78-60(63(56)67)44-51-27-33-53(34-28-51)71-39-18-16-14-12-10-8-2/h25-36,41-44,54H,3,7-24,37-40,45-46H2,1-2,4-6H3/b59-43-,60-44-. The number of rotatable bonds is 37. The number of phosphoric ester groups is 1. The maximum atomic E-state index is 13.4. The molecule has 0 N–H and O–H groups in total. The third-order valence-corrected chi connectivity index (χ3v) is 16.4. The number of nitrogens with zero attached hydrogens (tertiary/aromatic N) is 1. The molecule has 15 heteroatoms. The molecule has 12 nitrogen and oxygen atoms in total. The normalized spacial score (nSPS) is 15.3. The Hall–Kier alpha value is -4.92. The van der Waals surface area contributed by atoms with Crippen molar-refractivity contribution < 1.29 is 56.3 Å². The van der Waals surface area contributed by atoms with Crippen LogP contribution in [0.15, 0.2) is 117 Å². The van der Waals surface area contributed by atoms with Crippen molar-refractivity contribution in [2.45, 2.75) is 145 Å². The third-order valence-electron chi connectivity index (χ3n) is 13.3. The number of phosphoric acid groups is 1. The van der Waals surface area contributed by atoms with Crippen LogP contribution in [0.3, 0.4) is 0 Å². The number of fused-ring (bicyclic) bond motifs is 2.